The summed E-state index contributed by atoms with van der Waals surface area (Å²) in [4.78, 5) is 17.6. The largest absolute Gasteiger partial charge is 0.369 e. The molecule has 1 aliphatic rings. The number of amides is 1. The maximum Gasteiger partial charge on any atom is 0.222 e. The maximum atomic E-state index is 11.3. The number of aromatic nitrogens is 1. The van der Waals surface area contributed by atoms with Crippen LogP contribution in [0.5, 0.6) is 0 Å². The van der Waals surface area contributed by atoms with E-state index in [9.17, 15) is 10.1 Å². The molecule has 3 rings (SSSR count). The number of carbonyl (C=O) groups is 1. The Bertz CT molecular complexity index is 768. The predicted molar refractivity (Wildman–Crippen MR) is 81.0 cm³/mol. The number of hydrogen-bond donors (Lipinski definition) is 1. The van der Waals surface area contributed by atoms with Gasteiger partial charge in [0.05, 0.1) is 22.7 Å². The zero-order chi connectivity index (χ0) is 15.0. The lowest BCUT2D eigenvalue weighted by atomic mass is 10.1. The van der Waals surface area contributed by atoms with Crippen LogP contribution in [0.1, 0.15) is 12.0 Å². The van der Waals surface area contributed by atoms with Gasteiger partial charge in [-0.3, -0.25) is 9.78 Å². The summed E-state index contributed by atoms with van der Waals surface area (Å²) in [5, 5.41) is 10.8. The minimum Gasteiger partial charge on any atom is -0.369 e. The second-order valence-corrected chi connectivity index (χ2v) is 5.56. The molecular formula is C15H13ClN4O. The maximum absolute atomic E-state index is 11.3. The normalized spacial score (nSPS) is 17.9. The van der Waals surface area contributed by atoms with E-state index >= 15 is 0 Å². The minimum absolute atomic E-state index is 0.182. The first-order valence-electron chi connectivity index (χ1n) is 6.63. The van der Waals surface area contributed by atoms with Crippen LogP contribution in [0.25, 0.3) is 10.9 Å². The van der Waals surface area contributed by atoms with Crippen molar-refractivity contribution in [3.05, 3.63) is 35.0 Å². The van der Waals surface area contributed by atoms with Gasteiger partial charge in [0.2, 0.25) is 5.91 Å². The second kappa shape index (κ2) is 5.23. The number of rotatable bonds is 2. The number of nitriles is 1. The van der Waals surface area contributed by atoms with Crippen LogP contribution < -0.4 is 10.6 Å². The molecule has 2 aromatic rings. The Morgan fingerprint density at radius 2 is 2.33 bits per heavy atom. The summed E-state index contributed by atoms with van der Waals surface area (Å²) in [6.45, 7) is 1.21. The Hall–Kier alpha value is -2.32. The summed E-state index contributed by atoms with van der Waals surface area (Å²) < 4.78 is 0. The molecule has 6 heteroatoms. The van der Waals surface area contributed by atoms with Gasteiger partial charge in [0.1, 0.15) is 6.07 Å². The van der Waals surface area contributed by atoms with Crippen LogP contribution in [0.4, 0.5) is 5.69 Å². The Morgan fingerprint density at radius 1 is 1.52 bits per heavy atom. The molecule has 106 valence electrons. The topological polar surface area (TPSA) is 83.0 Å². The van der Waals surface area contributed by atoms with Crippen LogP contribution >= 0.6 is 11.6 Å². The minimum atomic E-state index is -0.299. The van der Waals surface area contributed by atoms with Gasteiger partial charge in [-0.25, -0.2) is 0 Å². The summed E-state index contributed by atoms with van der Waals surface area (Å²) in [6.07, 6.45) is 2.26. The van der Waals surface area contributed by atoms with E-state index < -0.39 is 0 Å². The molecule has 1 aromatic carbocycles. The quantitative estimate of drug-likeness (QED) is 0.920. The molecule has 0 aliphatic carbocycles. The third-order valence-corrected chi connectivity index (χ3v) is 4.06. The lowest BCUT2D eigenvalue weighted by molar-refractivity contribution is -0.121. The highest BCUT2D eigenvalue weighted by Crippen LogP contribution is 2.34. The Kier molecular flexibility index (Phi) is 3.40. The van der Waals surface area contributed by atoms with Gasteiger partial charge in [-0.15, -0.1) is 0 Å². The first kappa shape index (κ1) is 13.7. The van der Waals surface area contributed by atoms with Crippen LogP contribution in [0.15, 0.2) is 24.4 Å². The van der Waals surface area contributed by atoms with Gasteiger partial charge in [-0.1, -0.05) is 11.6 Å². The van der Waals surface area contributed by atoms with E-state index in [1.54, 1.807) is 18.3 Å². The standard InChI is InChI=1S/C15H13ClN4O/c16-11-1-2-13-12(5-11)14(10(6-17)7-19-13)20-4-3-9(8-20)15(18)21/h1-2,5,7,9H,3-4,8H2,(H2,18,21). The van der Waals surface area contributed by atoms with Gasteiger partial charge in [-0.05, 0) is 24.6 Å². The van der Waals surface area contributed by atoms with Gasteiger partial charge < -0.3 is 10.6 Å². The molecule has 1 saturated heterocycles. The van der Waals surface area contributed by atoms with Crippen LogP contribution in [-0.2, 0) is 4.79 Å². The number of carbonyl (C=O) groups excluding carboxylic acids is 1. The van der Waals surface area contributed by atoms with Crippen molar-refractivity contribution in [1.29, 1.82) is 5.26 Å². The number of halogens is 1. The molecule has 1 atom stereocenters. The van der Waals surface area contributed by atoms with Crippen LogP contribution in [0.2, 0.25) is 5.02 Å². The molecule has 0 bridgehead atoms. The van der Waals surface area contributed by atoms with Crippen molar-refractivity contribution < 1.29 is 4.79 Å². The lowest BCUT2D eigenvalue weighted by Gasteiger charge is -2.21. The van der Waals surface area contributed by atoms with Crippen molar-refractivity contribution in [2.75, 3.05) is 18.0 Å². The van der Waals surface area contributed by atoms with Crippen molar-refractivity contribution in [1.82, 2.24) is 4.98 Å². The molecule has 1 aliphatic heterocycles. The van der Waals surface area contributed by atoms with E-state index in [0.29, 0.717) is 30.1 Å². The van der Waals surface area contributed by atoms with Crippen molar-refractivity contribution in [3.63, 3.8) is 0 Å². The summed E-state index contributed by atoms with van der Waals surface area (Å²) in [7, 11) is 0. The van der Waals surface area contributed by atoms with E-state index in [1.807, 2.05) is 11.0 Å². The molecule has 5 nitrogen and oxygen atoms in total. The first-order chi connectivity index (χ1) is 10.1. The average Bonchev–Trinajstić information content (AvgIpc) is 2.95. The van der Waals surface area contributed by atoms with E-state index in [-0.39, 0.29) is 11.8 Å². The fraction of sp³-hybridized carbons (Fsp3) is 0.267. The van der Waals surface area contributed by atoms with E-state index in [0.717, 1.165) is 16.6 Å². The molecule has 0 radical (unpaired) electrons. The molecule has 2 heterocycles. The molecule has 0 saturated carbocycles. The number of nitrogens with zero attached hydrogens (tertiary/aromatic N) is 3. The molecule has 1 amide bonds. The first-order valence-corrected chi connectivity index (χ1v) is 7.00. The van der Waals surface area contributed by atoms with E-state index in [1.165, 1.54) is 0 Å². The number of fused-ring (bicyclic) bond motifs is 1. The lowest BCUT2D eigenvalue weighted by Crippen LogP contribution is -2.27. The molecule has 2 N–H and O–H groups in total. The molecule has 21 heavy (non-hydrogen) atoms. The van der Waals surface area contributed by atoms with Crippen LogP contribution in [0, 0.1) is 17.2 Å². The van der Waals surface area contributed by atoms with E-state index in [2.05, 4.69) is 11.1 Å². The van der Waals surface area contributed by atoms with Crippen molar-refractivity contribution in [3.8, 4) is 6.07 Å². The molecule has 0 spiro atoms. The zero-order valence-corrected chi connectivity index (χ0v) is 12.0. The molecule has 1 aromatic heterocycles. The third kappa shape index (κ3) is 2.39. The highest BCUT2D eigenvalue weighted by atomic mass is 35.5. The fourth-order valence-corrected chi connectivity index (χ4v) is 2.94. The summed E-state index contributed by atoms with van der Waals surface area (Å²) in [5.41, 5.74) is 7.42. The fourth-order valence-electron chi connectivity index (χ4n) is 2.77. The van der Waals surface area contributed by atoms with Gasteiger partial charge >= 0.3 is 0 Å². The Balaban J connectivity index is 2.14. The summed E-state index contributed by atoms with van der Waals surface area (Å²) >= 11 is 6.07. The number of hydrogen-bond acceptors (Lipinski definition) is 4. The summed E-state index contributed by atoms with van der Waals surface area (Å²) in [6, 6.07) is 7.56. The van der Waals surface area contributed by atoms with E-state index in [4.69, 9.17) is 17.3 Å². The Morgan fingerprint density at radius 3 is 3.00 bits per heavy atom. The highest BCUT2D eigenvalue weighted by molar-refractivity contribution is 6.31. The highest BCUT2D eigenvalue weighted by Gasteiger charge is 2.29. The number of nitrogens with two attached hydrogens (primary N) is 1. The SMILES string of the molecule is N#Cc1cnc2ccc(Cl)cc2c1N1CCC(C(N)=O)C1. The second-order valence-electron chi connectivity index (χ2n) is 5.13. The molecule has 1 unspecified atom stereocenters. The van der Waals surface area contributed by atoms with Crippen molar-refractivity contribution in [2.24, 2.45) is 11.7 Å². The van der Waals surface area contributed by atoms with Gasteiger partial charge in [0, 0.05) is 29.7 Å². The number of pyridine rings is 1. The average molecular weight is 301 g/mol. The predicted octanol–water partition coefficient (Wildman–Crippen LogP) is 2.07. The third-order valence-electron chi connectivity index (χ3n) is 3.83. The molecular weight excluding hydrogens is 288 g/mol. The number of anilines is 1. The zero-order valence-electron chi connectivity index (χ0n) is 11.2. The van der Waals surface area contributed by atoms with Crippen molar-refractivity contribution >= 4 is 34.1 Å². The van der Waals surface area contributed by atoms with Gasteiger partial charge in [0.25, 0.3) is 0 Å². The molecule has 1 fully saturated rings. The number of benzene rings is 1. The number of primary amides is 1. The van der Waals surface area contributed by atoms with Crippen LogP contribution in [-0.4, -0.2) is 24.0 Å². The Labute approximate surface area is 126 Å². The van der Waals surface area contributed by atoms with Crippen molar-refractivity contribution in [2.45, 2.75) is 6.42 Å². The smallest absolute Gasteiger partial charge is 0.222 e. The summed E-state index contributed by atoms with van der Waals surface area (Å²) in [5.74, 6) is -0.480. The van der Waals surface area contributed by atoms with Gasteiger partial charge in [0.15, 0.2) is 0 Å². The monoisotopic (exact) mass is 300 g/mol. The van der Waals surface area contributed by atoms with Crippen LogP contribution in [0.3, 0.4) is 0 Å². The van der Waals surface area contributed by atoms with Gasteiger partial charge in [-0.2, -0.15) is 5.26 Å².